The van der Waals surface area contributed by atoms with E-state index in [2.05, 4.69) is 54.0 Å². The molecular formula is C27H38N2O2. The van der Waals surface area contributed by atoms with Crippen LogP contribution in [0, 0.1) is 6.92 Å². The first kappa shape index (κ1) is 23.3. The summed E-state index contributed by atoms with van der Waals surface area (Å²) in [4.78, 5) is 12.8. The third-order valence-corrected chi connectivity index (χ3v) is 6.16. The average molecular weight is 423 g/mol. The van der Waals surface area contributed by atoms with Crippen molar-refractivity contribution >= 4 is 11.7 Å². The summed E-state index contributed by atoms with van der Waals surface area (Å²) in [6.07, 6.45) is 5.67. The summed E-state index contributed by atoms with van der Waals surface area (Å²) in [6.45, 7) is 8.90. The Labute approximate surface area is 187 Å². The molecule has 0 heterocycles. The molecule has 0 spiro atoms. The van der Waals surface area contributed by atoms with E-state index in [1.165, 1.54) is 29.5 Å². The maximum absolute atomic E-state index is 12.8. The first-order valence-electron chi connectivity index (χ1n) is 11.6. The number of hydrogen-bond donors (Lipinski definition) is 2. The Morgan fingerprint density at radius 2 is 1.71 bits per heavy atom. The highest BCUT2D eigenvalue weighted by molar-refractivity contribution is 5.97. The second-order valence-corrected chi connectivity index (χ2v) is 9.71. The van der Waals surface area contributed by atoms with E-state index in [-0.39, 0.29) is 5.97 Å². The Morgan fingerprint density at radius 1 is 1.03 bits per heavy atom. The van der Waals surface area contributed by atoms with E-state index in [0.717, 1.165) is 31.5 Å². The van der Waals surface area contributed by atoms with Crippen LogP contribution in [0.5, 0.6) is 0 Å². The normalized spacial score (nSPS) is 19.1. The molecule has 2 aromatic carbocycles. The molecule has 1 aliphatic rings. The zero-order chi connectivity index (χ0) is 22.4. The Kier molecular flexibility index (Phi) is 7.77. The molecule has 0 saturated heterocycles. The van der Waals surface area contributed by atoms with Crippen molar-refractivity contribution in [3.63, 3.8) is 0 Å². The maximum atomic E-state index is 12.8. The molecule has 0 radical (unpaired) electrons. The summed E-state index contributed by atoms with van der Waals surface area (Å²) in [5.74, 6) is 0.214. The van der Waals surface area contributed by atoms with Gasteiger partial charge in [0.2, 0.25) is 0 Å². The second-order valence-electron chi connectivity index (χ2n) is 9.71. The summed E-state index contributed by atoms with van der Waals surface area (Å²) in [5.41, 5.74) is 5.00. The van der Waals surface area contributed by atoms with Gasteiger partial charge in [-0.05, 0) is 95.0 Å². The molecular weight excluding hydrogens is 384 g/mol. The van der Waals surface area contributed by atoms with Gasteiger partial charge >= 0.3 is 5.97 Å². The molecule has 3 rings (SSSR count). The van der Waals surface area contributed by atoms with E-state index in [1.807, 2.05) is 33.9 Å². The molecule has 2 N–H and O–H groups in total. The van der Waals surface area contributed by atoms with Gasteiger partial charge in [0, 0.05) is 13.1 Å². The Balaban J connectivity index is 1.64. The number of esters is 1. The zero-order valence-corrected chi connectivity index (χ0v) is 19.8. The van der Waals surface area contributed by atoms with Gasteiger partial charge in [-0.2, -0.15) is 0 Å². The highest BCUT2D eigenvalue weighted by Gasteiger charge is 2.28. The summed E-state index contributed by atoms with van der Waals surface area (Å²) < 4.78 is 5.66. The van der Waals surface area contributed by atoms with Crippen molar-refractivity contribution < 1.29 is 9.53 Å². The van der Waals surface area contributed by atoms with E-state index < -0.39 is 5.60 Å². The van der Waals surface area contributed by atoms with Gasteiger partial charge < -0.3 is 15.4 Å². The molecule has 2 aromatic rings. The molecule has 1 aliphatic carbocycles. The number of anilines is 1. The molecule has 0 atom stereocenters. The molecule has 4 nitrogen and oxygen atoms in total. The van der Waals surface area contributed by atoms with E-state index in [0.29, 0.717) is 17.5 Å². The molecule has 0 aliphatic heterocycles. The van der Waals surface area contributed by atoms with Crippen LogP contribution in [0.2, 0.25) is 0 Å². The number of ether oxygens (including phenoxy) is 1. The summed E-state index contributed by atoms with van der Waals surface area (Å²) >= 11 is 0. The van der Waals surface area contributed by atoms with Crippen LogP contribution in [-0.4, -0.2) is 31.2 Å². The SMILES string of the molecule is CNc1c(C(=O)OC(C)(C)C)ccc(C)c1C1CCC(NCCc2ccccc2)CC1. The van der Waals surface area contributed by atoms with Gasteiger partial charge in [-0.15, -0.1) is 0 Å². The number of hydrogen-bond acceptors (Lipinski definition) is 4. The van der Waals surface area contributed by atoms with Crippen molar-refractivity contribution in [3.8, 4) is 0 Å². The van der Waals surface area contributed by atoms with Crippen molar-refractivity contribution in [2.24, 2.45) is 0 Å². The summed E-state index contributed by atoms with van der Waals surface area (Å²) in [6, 6.07) is 15.2. The van der Waals surface area contributed by atoms with E-state index in [9.17, 15) is 4.79 Å². The van der Waals surface area contributed by atoms with Gasteiger partial charge in [-0.3, -0.25) is 0 Å². The molecule has 4 heteroatoms. The van der Waals surface area contributed by atoms with Crippen molar-refractivity contribution in [1.29, 1.82) is 0 Å². The summed E-state index contributed by atoms with van der Waals surface area (Å²) in [5, 5.41) is 7.07. The number of carbonyl (C=O) groups is 1. The van der Waals surface area contributed by atoms with Crippen LogP contribution < -0.4 is 10.6 Å². The van der Waals surface area contributed by atoms with E-state index >= 15 is 0 Å². The Hall–Kier alpha value is -2.33. The fourth-order valence-corrected chi connectivity index (χ4v) is 4.67. The maximum Gasteiger partial charge on any atom is 0.340 e. The van der Waals surface area contributed by atoms with Crippen molar-refractivity contribution in [2.45, 2.75) is 77.4 Å². The van der Waals surface area contributed by atoms with Crippen LogP contribution in [-0.2, 0) is 11.2 Å². The molecule has 0 bridgehead atoms. The minimum absolute atomic E-state index is 0.255. The quantitative estimate of drug-likeness (QED) is 0.550. The zero-order valence-electron chi connectivity index (χ0n) is 19.8. The smallest absolute Gasteiger partial charge is 0.340 e. The predicted molar refractivity (Wildman–Crippen MR) is 129 cm³/mol. The van der Waals surface area contributed by atoms with Gasteiger partial charge in [0.05, 0.1) is 11.3 Å². The largest absolute Gasteiger partial charge is 0.456 e. The lowest BCUT2D eigenvalue weighted by Gasteiger charge is -2.32. The molecule has 31 heavy (non-hydrogen) atoms. The van der Waals surface area contributed by atoms with Crippen LogP contribution in [0.15, 0.2) is 42.5 Å². The first-order valence-corrected chi connectivity index (χ1v) is 11.6. The summed E-state index contributed by atoms with van der Waals surface area (Å²) in [7, 11) is 1.91. The Morgan fingerprint density at radius 3 is 2.32 bits per heavy atom. The standard InChI is InChI=1S/C27H38N2O2/c1-19-11-16-23(26(30)31-27(2,3)4)25(28-5)24(19)21-12-14-22(15-13-21)29-18-17-20-9-7-6-8-10-20/h6-11,16,21-22,28-29H,12-15,17-18H2,1-5H3. The molecule has 1 fully saturated rings. The van der Waals surface area contributed by atoms with Crippen molar-refractivity contribution in [1.82, 2.24) is 5.32 Å². The van der Waals surface area contributed by atoms with Crippen LogP contribution >= 0.6 is 0 Å². The second kappa shape index (κ2) is 10.3. The monoisotopic (exact) mass is 422 g/mol. The third kappa shape index (κ3) is 6.33. The fourth-order valence-electron chi connectivity index (χ4n) is 4.67. The lowest BCUT2D eigenvalue weighted by Crippen LogP contribution is -2.34. The van der Waals surface area contributed by atoms with E-state index in [1.54, 1.807) is 0 Å². The number of nitrogens with one attached hydrogen (secondary N) is 2. The molecule has 168 valence electrons. The lowest BCUT2D eigenvalue weighted by molar-refractivity contribution is 0.00705. The highest BCUT2D eigenvalue weighted by Crippen LogP contribution is 2.40. The van der Waals surface area contributed by atoms with Crippen LogP contribution in [0.4, 0.5) is 5.69 Å². The van der Waals surface area contributed by atoms with Gasteiger partial charge in [-0.25, -0.2) is 4.79 Å². The van der Waals surface area contributed by atoms with Gasteiger partial charge in [0.25, 0.3) is 0 Å². The first-order chi connectivity index (χ1) is 14.8. The fraction of sp³-hybridized carbons (Fsp3) is 0.519. The number of benzene rings is 2. The molecule has 1 saturated carbocycles. The third-order valence-electron chi connectivity index (χ3n) is 6.16. The van der Waals surface area contributed by atoms with Gasteiger partial charge in [-0.1, -0.05) is 36.4 Å². The van der Waals surface area contributed by atoms with Crippen molar-refractivity contribution in [2.75, 3.05) is 18.9 Å². The highest BCUT2D eigenvalue weighted by atomic mass is 16.6. The number of carbonyl (C=O) groups excluding carboxylic acids is 1. The molecule has 0 unspecified atom stereocenters. The average Bonchev–Trinajstić information content (AvgIpc) is 2.73. The molecule has 0 aromatic heterocycles. The minimum atomic E-state index is -0.503. The van der Waals surface area contributed by atoms with Crippen molar-refractivity contribution in [3.05, 3.63) is 64.7 Å². The minimum Gasteiger partial charge on any atom is -0.456 e. The Bertz CT molecular complexity index is 863. The molecule has 0 amide bonds. The van der Waals surface area contributed by atoms with Crippen LogP contribution in [0.25, 0.3) is 0 Å². The van der Waals surface area contributed by atoms with Crippen LogP contribution in [0.3, 0.4) is 0 Å². The predicted octanol–water partition coefficient (Wildman–Crippen LogP) is 5.85. The number of rotatable bonds is 7. The number of aryl methyl sites for hydroxylation is 1. The van der Waals surface area contributed by atoms with Gasteiger partial charge in [0.15, 0.2) is 0 Å². The lowest BCUT2D eigenvalue weighted by atomic mass is 9.78. The van der Waals surface area contributed by atoms with Gasteiger partial charge in [0.1, 0.15) is 5.60 Å². The van der Waals surface area contributed by atoms with E-state index in [4.69, 9.17) is 4.74 Å². The topological polar surface area (TPSA) is 50.4 Å². The van der Waals surface area contributed by atoms with Crippen LogP contribution in [0.1, 0.15) is 79.4 Å².